The number of nitrogens with one attached hydrogen (secondary N) is 1. The average molecular weight is 367 g/mol. The van der Waals surface area contributed by atoms with Crippen LogP contribution < -0.4 is 4.72 Å². The maximum Gasteiger partial charge on any atom is 0.266 e. The number of sulfonamides is 1. The quantitative estimate of drug-likeness (QED) is 0.670. The molecule has 0 atom stereocenters. The first-order chi connectivity index (χ1) is 9.29. The van der Waals surface area contributed by atoms with Crippen LogP contribution in [-0.2, 0) is 10.0 Å². The molecule has 0 aliphatic rings. The number of anilines is 1. The normalized spacial score (nSPS) is 11.4. The van der Waals surface area contributed by atoms with Crippen LogP contribution in [0.4, 0.5) is 19.0 Å². The van der Waals surface area contributed by atoms with E-state index >= 15 is 0 Å². The van der Waals surface area contributed by atoms with Gasteiger partial charge in [-0.15, -0.1) is 0 Å². The van der Waals surface area contributed by atoms with Gasteiger partial charge in [-0.2, -0.15) is 4.39 Å². The fourth-order valence-corrected chi connectivity index (χ4v) is 2.76. The van der Waals surface area contributed by atoms with E-state index in [-0.39, 0.29) is 10.3 Å². The molecule has 0 unspecified atom stereocenters. The Morgan fingerprint density at radius 1 is 1.10 bits per heavy atom. The number of pyridine rings is 1. The zero-order valence-corrected chi connectivity index (χ0v) is 12.0. The molecule has 2 rings (SSSR count). The largest absolute Gasteiger partial charge is 0.266 e. The molecule has 20 heavy (non-hydrogen) atoms. The molecule has 2 aromatic rings. The molecule has 1 aromatic carbocycles. The van der Waals surface area contributed by atoms with Crippen molar-refractivity contribution in [1.29, 1.82) is 0 Å². The van der Waals surface area contributed by atoms with Crippen LogP contribution in [0.1, 0.15) is 0 Å². The molecule has 0 aliphatic carbocycles. The van der Waals surface area contributed by atoms with Gasteiger partial charge in [-0.05, 0) is 40.2 Å². The maximum absolute atomic E-state index is 13.6. The van der Waals surface area contributed by atoms with Gasteiger partial charge in [0.25, 0.3) is 10.0 Å². The van der Waals surface area contributed by atoms with Crippen molar-refractivity contribution in [2.45, 2.75) is 4.90 Å². The monoisotopic (exact) mass is 366 g/mol. The Kier molecular flexibility index (Phi) is 4.00. The molecule has 1 N–H and O–H groups in total. The first kappa shape index (κ1) is 14.8. The van der Waals surface area contributed by atoms with E-state index in [0.29, 0.717) is 12.1 Å². The summed E-state index contributed by atoms with van der Waals surface area (Å²) in [5.41, 5.74) is 0. The van der Waals surface area contributed by atoms with Crippen LogP contribution in [0.5, 0.6) is 0 Å². The molecule has 0 saturated heterocycles. The van der Waals surface area contributed by atoms with Gasteiger partial charge in [0, 0.05) is 0 Å². The molecular formula is C11H6BrF3N2O2S. The van der Waals surface area contributed by atoms with Crippen molar-refractivity contribution in [3.05, 3.63) is 52.4 Å². The first-order valence-corrected chi connectivity index (χ1v) is 7.37. The lowest BCUT2D eigenvalue weighted by Crippen LogP contribution is -2.16. The lowest BCUT2D eigenvalue weighted by Gasteiger charge is -2.08. The summed E-state index contributed by atoms with van der Waals surface area (Å²) in [6, 6.07) is 4.61. The minimum absolute atomic E-state index is 0.210. The molecule has 0 radical (unpaired) electrons. The summed E-state index contributed by atoms with van der Waals surface area (Å²) < 4.78 is 65.2. The van der Waals surface area contributed by atoms with Crippen LogP contribution in [0.3, 0.4) is 0 Å². The Morgan fingerprint density at radius 2 is 1.80 bits per heavy atom. The molecule has 4 nitrogen and oxygen atoms in total. The Labute approximate surface area is 120 Å². The summed E-state index contributed by atoms with van der Waals surface area (Å²) in [4.78, 5) is 2.37. The number of aromatic nitrogens is 1. The molecule has 0 spiro atoms. The third kappa shape index (κ3) is 3.10. The van der Waals surface area contributed by atoms with E-state index in [1.165, 1.54) is 12.1 Å². The molecule has 0 saturated carbocycles. The van der Waals surface area contributed by atoms with Crippen LogP contribution in [0.15, 0.2) is 39.7 Å². The van der Waals surface area contributed by atoms with Gasteiger partial charge in [-0.3, -0.25) is 4.72 Å². The van der Waals surface area contributed by atoms with Gasteiger partial charge in [0.2, 0.25) is 5.95 Å². The highest BCUT2D eigenvalue weighted by molar-refractivity contribution is 9.10. The number of hydrogen-bond acceptors (Lipinski definition) is 3. The molecule has 0 aliphatic heterocycles. The molecular weight excluding hydrogens is 361 g/mol. The zero-order valence-electron chi connectivity index (χ0n) is 9.57. The number of halogens is 4. The van der Waals surface area contributed by atoms with Crippen molar-refractivity contribution in [2.75, 3.05) is 4.72 Å². The summed E-state index contributed by atoms with van der Waals surface area (Å²) in [7, 11) is -4.42. The van der Waals surface area contributed by atoms with Crippen molar-refractivity contribution in [2.24, 2.45) is 0 Å². The van der Waals surface area contributed by atoms with E-state index in [1.54, 1.807) is 0 Å². The van der Waals surface area contributed by atoms with Crippen molar-refractivity contribution in [3.8, 4) is 0 Å². The van der Waals surface area contributed by atoms with E-state index in [1.807, 2.05) is 4.72 Å². The molecule has 1 heterocycles. The van der Waals surface area contributed by atoms with Gasteiger partial charge in [0.05, 0.1) is 4.47 Å². The Morgan fingerprint density at radius 3 is 2.45 bits per heavy atom. The van der Waals surface area contributed by atoms with E-state index in [9.17, 15) is 21.6 Å². The van der Waals surface area contributed by atoms with Crippen molar-refractivity contribution in [1.82, 2.24) is 4.98 Å². The third-order valence-electron chi connectivity index (χ3n) is 2.22. The fraction of sp³-hybridized carbons (Fsp3) is 0. The number of rotatable bonds is 3. The summed E-state index contributed by atoms with van der Waals surface area (Å²) in [6.07, 6.45) is 0. The molecule has 1 aromatic heterocycles. The van der Waals surface area contributed by atoms with E-state index < -0.39 is 32.5 Å². The smallest absolute Gasteiger partial charge is 0.263 e. The molecule has 0 fully saturated rings. The van der Waals surface area contributed by atoms with E-state index in [4.69, 9.17) is 0 Å². The number of benzene rings is 1. The van der Waals surface area contributed by atoms with Crippen LogP contribution in [-0.4, -0.2) is 13.4 Å². The van der Waals surface area contributed by atoms with Crippen LogP contribution in [0.2, 0.25) is 0 Å². The molecule has 9 heteroatoms. The molecule has 106 valence electrons. The third-order valence-corrected chi connectivity index (χ3v) is 4.20. The summed E-state index contributed by atoms with van der Waals surface area (Å²) >= 11 is 2.73. The van der Waals surface area contributed by atoms with Crippen molar-refractivity contribution in [3.63, 3.8) is 0 Å². The van der Waals surface area contributed by atoms with Gasteiger partial charge in [-0.25, -0.2) is 22.2 Å². The second-order valence-electron chi connectivity index (χ2n) is 3.65. The van der Waals surface area contributed by atoms with E-state index in [2.05, 4.69) is 20.9 Å². The minimum Gasteiger partial charge on any atom is -0.263 e. The highest BCUT2D eigenvalue weighted by Crippen LogP contribution is 2.24. The first-order valence-electron chi connectivity index (χ1n) is 5.09. The average Bonchev–Trinajstić information content (AvgIpc) is 2.33. The second-order valence-corrected chi connectivity index (χ2v) is 6.15. The number of hydrogen-bond donors (Lipinski definition) is 1. The van der Waals surface area contributed by atoms with Gasteiger partial charge < -0.3 is 0 Å². The topological polar surface area (TPSA) is 59.1 Å². The van der Waals surface area contributed by atoms with Crippen LogP contribution in [0.25, 0.3) is 0 Å². The molecule has 0 bridgehead atoms. The maximum atomic E-state index is 13.6. The van der Waals surface area contributed by atoms with Crippen molar-refractivity contribution < 1.29 is 21.6 Å². The Bertz CT molecular complexity index is 768. The van der Waals surface area contributed by atoms with Gasteiger partial charge >= 0.3 is 0 Å². The highest BCUT2D eigenvalue weighted by Gasteiger charge is 2.22. The molecule has 0 amide bonds. The fourth-order valence-electron chi connectivity index (χ4n) is 1.37. The van der Waals surface area contributed by atoms with Crippen molar-refractivity contribution >= 4 is 31.8 Å². The SMILES string of the molecule is O=S(=O)(Nc1cccc(F)n1)c1cc(F)c(Br)cc1F. The van der Waals surface area contributed by atoms with Gasteiger partial charge in [-0.1, -0.05) is 6.07 Å². The second kappa shape index (κ2) is 5.41. The standard InChI is InChI=1S/C11H6BrF3N2O2S/c12-6-4-8(14)9(5-7(6)13)20(18,19)17-11-3-1-2-10(15)16-11/h1-5H,(H,16,17). The van der Waals surface area contributed by atoms with E-state index in [0.717, 1.165) is 6.07 Å². The number of nitrogens with zero attached hydrogens (tertiary/aromatic N) is 1. The summed E-state index contributed by atoms with van der Waals surface area (Å²) in [6.45, 7) is 0. The van der Waals surface area contributed by atoms with Gasteiger partial charge in [0.1, 0.15) is 22.3 Å². The van der Waals surface area contributed by atoms with Gasteiger partial charge in [0.15, 0.2) is 0 Å². The lowest BCUT2D eigenvalue weighted by atomic mass is 10.3. The predicted molar refractivity (Wildman–Crippen MR) is 69.1 cm³/mol. The van der Waals surface area contributed by atoms with Crippen LogP contribution >= 0.6 is 15.9 Å². The summed E-state index contributed by atoms with van der Waals surface area (Å²) in [5.74, 6) is -3.35. The summed E-state index contributed by atoms with van der Waals surface area (Å²) in [5, 5.41) is 0. The highest BCUT2D eigenvalue weighted by atomic mass is 79.9. The lowest BCUT2D eigenvalue weighted by molar-refractivity contribution is 0.552. The Balaban J connectivity index is 2.43. The Hall–Kier alpha value is -1.61. The minimum atomic E-state index is -4.42. The zero-order chi connectivity index (χ0) is 14.9. The predicted octanol–water partition coefficient (Wildman–Crippen LogP) is 3.06. The van der Waals surface area contributed by atoms with Crippen LogP contribution in [0, 0.1) is 17.6 Å².